The molecule has 3 rings (SSSR count). The monoisotopic (exact) mass is 344 g/mol. The van der Waals surface area contributed by atoms with Crippen LogP contribution in [0.3, 0.4) is 0 Å². The zero-order chi connectivity index (χ0) is 17.1. The Labute approximate surface area is 146 Å². The molecule has 0 saturated carbocycles. The van der Waals surface area contributed by atoms with Crippen molar-refractivity contribution in [2.45, 2.75) is 31.7 Å². The van der Waals surface area contributed by atoms with Crippen LogP contribution in [0.25, 0.3) is 0 Å². The lowest BCUT2D eigenvalue weighted by molar-refractivity contribution is -0.113. The first-order valence-electron chi connectivity index (χ1n) is 8.05. The van der Waals surface area contributed by atoms with Gasteiger partial charge < -0.3 is 10.6 Å². The lowest BCUT2D eigenvalue weighted by atomic mass is 9.99. The molecule has 1 aliphatic heterocycles. The van der Waals surface area contributed by atoms with Gasteiger partial charge in [-0.3, -0.25) is 4.79 Å². The molecule has 0 fully saturated rings. The summed E-state index contributed by atoms with van der Waals surface area (Å²) in [6.45, 7) is 5.53. The molecule has 0 unspecified atom stereocenters. The third-order valence-electron chi connectivity index (χ3n) is 4.17. The van der Waals surface area contributed by atoms with Crippen LogP contribution in [0.2, 0.25) is 0 Å². The Bertz CT molecular complexity index is 776. The number of rotatable bonds is 4. The first-order valence-corrected chi connectivity index (χ1v) is 9.04. The SMILES string of the molecule is Cc1ccc(SCC(=O)Nc2ccc3c(c2F)CCNC3)c(C)c1. The minimum atomic E-state index is -0.293. The third kappa shape index (κ3) is 3.79. The van der Waals surface area contributed by atoms with Gasteiger partial charge in [-0.15, -0.1) is 11.8 Å². The van der Waals surface area contributed by atoms with Crippen LogP contribution in [-0.2, 0) is 17.8 Å². The van der Waals surface area contributed by atoms with Gasteiger partial charge in [0.15, 0.2) is 0 Å². The Morgan fingerprint density at radius 3 is 2.92 bits per heavy atom. The van der Waals surface area contributed by atoms with Gasteiger partial charge in [-0.1, -0.05) is 23.8 Å². The Morgan fingerprint density at radius 2 is 2.12 bits per heavy atom. The molecule has 2 aromatic carbocycles. The maximum absolute atomic E-state index is 14.5. The number of benzene rings is 2. The molecule has 0 radical (unpaired) electrons. The standard InChI is InChI=1S/C19H21FN2OS/c1-12-3-6-17(13(2)9-12)24-11-18(23)22-16-5-4-14-10-21-8-7-15(14)19(16)20/h3-6,9,21H,7-8,10-11H2,1-2H3,(H,22,23). The van der Waals surface area contributed by atoms with Crippen molar-refractivity contribution in [1.82, 2.24) is 5.32 Å². The van der Waals surface area contributed by atoms with Crippen molar-refractivity contribution >= 4 is 23.4 Å². The molecular weight excluding hydrogens is 323 g/mol. The summed E-state index contributed by atoms with van der Waals surface area (Å²) in [6, 6.07) is 9.69. The molecule has 0 atom stereocenters. The Hall–Kier alpha value is -1.85. The average Bonchev–Trinajstić information content (AvgIpc) is 2.57. The topological polar surface area (TPSA) is 41.1 Å². The number of nitrogens with one attached hydrogen (secondary N) is 2. The van der Waals surface area contributed by atoms with E-state index in [0.717, 1.165) is 22.6 Å². The summed E-state index contributed by atoms with van der Waals surface area (Å²) in [5, 5.41) is 5.92. The van der Waals surface area contributed by atoms with Gasteiger partial charge in [0, 0.05) is 11.4 Å². The van der Waals surface area contributed by atoms with Crippen LogP contribution in [0.5, 0.6) is 0 Å². The van der Waals surface area contributed by atoms with Crippen LogP contribution >= 0.6 is 11.8 Å². The molecule has 24 heavy (non-hydrogen) atoms. The van der Waals surface area contributed by atoms with Gasteiger partial charge in [-0.25, -0.2) is 4.39 Å². The number of thioether (sulfide) groups is 1. The number of hydrogen-bond acceptors (Lipinski definition) is 3. The summed E-state index contributed by atoms with van der Waals surface area (Å²) in [4.78, 5) is 13.2. The van der Waals surface area contributed by atoms with E-state index in [0.29, 0.717) is 18.5 Å². The van der Waals surface area contributed by atoms with E-state index < -0.39 is 0 Å². The molecule has 0 aromatic heterocycles. The van der Waals surface area contributed by atoms with Gasteiger partial charge in [-0.2, -0.15) is 0 Å². The van der Waals surface area contributed by atoms with Crippen molar-refractivity contribution in [1.29, 1.82) is 0 Å². The number of carbonyl (C=O) groups excluding carboxylic acids is 1. The van der Waals surface area contributed by atoms with Crippen molar-refractivity contribution in [3.63, 3.8) is 0 Å². The van der Waals surface area contributed by atoms with E-state index in [1.807, 2.05) is 32.0 Å². The van der Waals surface area contributed by atoms with Crippen molar-refractivity contribution in [3.8, 4) is 0 Å². The summed E-state index contributed by atoms with van der Waals surface area (Å²) in [5.74, 6) is -0.214. The lowest BCUT2D eigenvalue weighted by Crippen LogP contribution is -2.25. The maximum Gasteiger partial charge on any atom is 0.234 e. The van der Waals surface area contributed by atoms with E-state index >= 15 is 0 Å². The van der Waals surface area contributed by atoms with Crippen LogP contribution in [-0.4, -0.2) is 18.2 Å². The van der Waals surface area contributed by atoms with E-state index in [-0.39, 0.29) is 23.2 Å². The first kappa shape index (κ1) is 17.0. The molecular formula is C19H21FN2OS. The summed E-state index contributed by atoms with van der Waals surface area (Å²) < 4.78 is 14.5. The third-order valence-corrected chi connectivity index (χ3v) is 5.35. The fourth-order valence-electron chi connectivity index (χ4n) is 2.92. The molecule has 5 heteroatoms. The molecule has 0 aliphatic carbocycles. The van der Waals surface area contributed by atoms with E-state index in [2.05, 4.69) is 16.7 Å². The van der Waals surface area contributed by atoms with Gasteiger partial charge >= 0.3 is 0 Å². The molecule has 0 bridgehead atoms. The predicted octanol–water partition coefficient (Wildman–Crippen LogP) is 3.82. The number of fused-ring (bicyclic) bond motifs is 1. The van der Waals surface area contributed by atoms with Crippen LogP contribution in [0, 0.1) is 19.7 Å². The first-order chi connectivity index (χ1) is 11.5. The minimum absolute atomic E-state index is 0.187. The van der Waals surface area contributed by atoms with Crippen molar-refractivity contribution in [3.05, 3.63) is 58.4 Å². The van der Waals surface area contributed by atoms with Gasteiger partial charge in [-0.05, 0) is 55.6 Å². The summed E-state index contributed by atoms with van der Waals surface area (Å²) in [6.07, 6.45) is 0.655. The van der Waals surface area contributed by atoms with E-state index in [9.17, 15) is 9.18 Å². The number of hydrogen-bond donors (Lipinski definition) is 2. The molecule has 2 N–H and O–H groups in total. The van der Waals surface area contributed by atoms with E-state index in [4.69, 9.17) is 0 Å². The highest BCUT2D eigenvalue weighted by Gasteiger charge is 2.17. The van der Waals surface area contributed by atoms with Gasteiger partial charge in [0.1, 0.15) is 5.82 Å². The maximum atomic E-state index is 14.5. The molecule has 1 aliphatic rings. The quantitative estimate of drug-likeness (QED) is 0.829. The van der Waals surface area contributed by atoms with E-state index in [1.165, 1.54) is 17.3 Å². The number of carbonyl (C=O) groups is 1. The number of halogens is 1. The van der Waals surface area contributed by atoms with Gasteiger partial charge in [0.2, 0.25) is 5.91 Å². The fraction of sp³-hybridized carbons (Fsp3) is 0.316. The number of aryl methyl sites for hydroxylation is 2. The Morgan fingerprint density at radius 1 is 1.29 bits per heavy atom. The van der Waals surface area contributed by atoms with Crippen LogP contribution in [0.1, 0.15) is 22.3 Å². The second kappa shape index (κ2) is 7.36. The molecule has 126 valence electrons. The normalized spacial score (nSPS) is 13.5. The highest BCUT2D eigenvalue weighted by Crippen LogP contribution is 2.26. The van der Waals surface area contributed by atoms with E-state index in [1.54, 1.807) is 6.07 Å². The number of amides is 1. The average molecular weight is 344 g/mol. The zero-order valence-electron chi connectivity index (χ0n) is 13.9. The van der Waals surface area contributed by atoms with Crippen LogP contribution < -0.4 is 10.6 Å². The lowest BCUT2D eigenvalue weighted by Gasteiger charge is -2.19. The molecule has 2 aromatic rings. The number of anilines is 1. The van der Waals surface area contributed by atoms with Crippen molar-refractivity contribution < 1.29 is 9.18 Å². The summed E-state index contributed by atoms with van der Waals surface area (Å²) >= 11 is 1.47. The molecule has 0 saturated heterocycles. The fourth-order valence-corrected chi connectivity index (χ4v) is 3.73. The highest BCUT2D eigenvalue weighted by molar-refractivity contribution is 8.00. The smallest absolute Gasteiger partial charge is 0.234 e. The second-order valence-electron chi connectivity index (χ2n) is 6.10. The van der Waals surface area contributed by atoms with Crippen molar-refractivity contribution in [2.75, 3.05) is 17.6 Å². The summed E-state index contributed by atoms with van der Waals surface area (Å²) in [7, 11) is 0. The van der Waals surface area contributed by atoms with Gasteiger partial charge in [0.05, 0.1) is 11.4 Å². The van der Waals surface area contributed by atoms with Crippen LogP contribution in [0.4, 0.5) is 10.1 Å². The zero-order valence-corrected chi connectivity index (χ0v) is 14.7. The van der Waals surface area contributed by atoms with Crippen molar-refractivity contribution in [2.24, 2.45) is 0 Å². The minimum Gasteiger partial charge on any atom is -0.323 e. The predicted molar refractivity (Wildman–Crippen MR) is 97.1 cm³/mol. The molecule has 1 heterocycles. The van der Waals surface area contributed by atoms with Gasteiger partial charge in [0.25, 0.3) is 0 Å². The Kier molecular flexibility index (Phi) is 5.21. The molecule has 0 spiro atoms. The Balaban J connectivity index is 1.65. The largest absolute Gasteiger partial charge is 0.323 e. The highest BCUT2D eigenvalue weighted by atomic mass is 32.2. The van der Waals surface area contributed by atoms with Crippen LogP contribution in [0.15, 0.2) is 35.2 Å². The summed E-state index contributed by atoms with van der Waals surface area (Å²) in [5.41, 5.74) is 4.32. The second-order valence-corrected chi connectivity index (χ2v) is 7.11. The molecule has 1 amide bonds. The molecule has 3 nitrogen and oxygen atoms in total.